The number of fused-ring (bicyclic) bond motifs is 3. The van der Waals surface area contributed by atoms with Gasteiger partial charge in [0.15, 0.2) is 0 Å². The number of carbonyl (C=O) groups is 1. The first kappa shape index (κ1) is 21.3. The number of benzene rings is 3. The van der Waals surface area contributed by atoms with E-state index in [2.05, 4.69) is 77.9 Å². The van der Waals surface area contributed by atoms with E-state index in [0.29, 0.717) is 17.4 Å². The maximum absolute atomic E-state index is 12.6. The molecule has 33 heavy (non-hydrogen) atoms. The van der Waals surface area contributed by atoms with Crippen LogP contribution in [0.1, 0.15) is 53.7 Å². The van der Waals surface area contributed by atoms with Crippen molar-refractivity contribution in [3.8, 4) is 0 Å². The second-order valence-corrected chi connectivity index (χ2v) is 8.86. The Morgan fingerprint density at radius 2 is 1.76 bits per heavy atom. The van der Waals surface area contributed by atoms with Crippen LogP contribution in [0.2, 0.25) is 0 Å². The second kappa shape index (κ2) is 9.14. The van der Waals surface area contributed by atoms with Gasteiger partial charge in [-0.2, -0.15) is 0 Å². The molecule has 0 saturated heterocycles. The van der Waals surface area contributed by atoms with E-state index in [0.717, 1.165) is 30.9 Å². The van der Waals surface area contributed by atoms with Crippen LogP contribution in [-0.2, 0) is 0 Å². The number of carbonyl (C=O) groups excluding carboxylic acids is 1. The van der Waals surface area contributed by atoms with Gasteiger partial charge in [0, 0.05) is 41.6 Å². The van der Waals surface area contributed by atoms with Gasteiger partial charge in [0.2, 0.25) is 0 Å². The zero-order valence-electron chi connectivity index (χ0n) is 19.3. The van der Waals surface area contributed by atoms with Crippen LogP contribution >= 0.6 is 0 Å². The minimum atomic E-state index is -0.0796. The molecular formula is C29H31N3O. The standard InChI is InChI=1S/C29H31N3O/c1-3-32(4-2)23-16-13-20(14-17-23)28-25-12-8-11-24(25)26-19-22(15-18-27(26)31-28)30-29(33)21-9-6-5-7-10-21/h5-11,13-19,24-25,28,31H,3-4,12H2,1-2H3,(H,30,33). The molecule has 3 unspecified atom stereocenters. The Morgan fingerprint density at radius 3 is 2.48 bits per heavy atom. The summed E-state index contributed by atoms with van der Waals surface area (Å²) in [6.45, 7) is 6.43. The third-order valence-electron chi connectivity index (χ3n) is 7.04. The first-order valence-electron chi connectivity index (χ1n) is 12.0. The van der Waals surface area contributed by atoms with Crippen molar-refractivity contribution in [1.82, 2.24) is 0 Å². The van der Waals surface area contributed by atoms with Crippen molar-refractivity contribution < 1.29 is 4.79 Å². The van der Waals surface area contributed by atoms with Gasteiger partial charge >= 0.3 is 0 Å². The summed E-state index contributed by atoms with van der Waals surface area (Å²) in [5.41, 5.74) is 6.52. The highest BCUT2D eigenvalue weighted by Crippen LogP contribution is 2.50. The summed E-state index contributed by atoms with van der Waals surface area (Å²) in [5, 5.41) is 6.87. The molecule has 168 valence electrons. The number of rotatable bonds is 6. The zero-order chi connectivity index (χ0) is 22.8. The van der Waals surface area contributed by atoms with Crippen LogP contribution in [0.4, 0.5) is 17.1 Å². The summed E-state index contributed by atoms with van der Waals surface area (Å²) in [6.07, 6.45) is 5.70. The van der Waals surface area contributed by atoms with Gasteiger partial charge in [-0.15, -0.1) is 0 Å². The Balaban J connectivity index is 1.39. The fourth-order valence-electron chi connectivity index (χ4n) is 5.28. The van der Waals surface area contributed by atoms with Gasteiger partial charge < -0.3 is 15.5 Å². The van der Waals surface area contributed by atoms with Crippen LogP contribution in [0.3, 0.4) is 0 Å². The lowest BCUT2D eigenvalue weighted by atomic mass is 9.77. The van der Waals surface area contributed by atoms with Crippen molar-refractivity contribution in [2.24, 2.45) is 5.92 Å². The number of allylic oxidation sites excluding steroid dienone is 2. The number of anilines is 3. The van der Waals surface area contributed by atoms with Crippen LogP contribution in [0.25, 0.3) is 0 Å². The van der Waals surface area contributed by atoms with E-state index in [4.69, 9.17) is 0 Å². The highest BCUT2D eigenvalue weighted by atomic mass is 16.1. The first-order valence-corrected chi connectivity index (χ1v) is 12.0. The summed E-state index contributed by atoms with van der Waals surface area (Å²) >= 11 is 0. The molecule has 1 aliphatic heterocycles. The van der Waals surface area contributed by atoms with E-state index >= 15 is 0 Å². The molecular weight excluding hydrogens is 406 g/mol. The molecule has 3 aromatic rings. The highest BCUT2D eigenvalue weighted by Gasteiger charge is 2.38. The lowest BCUT2D eigenvalue weighted by Gasteiger charge is -2.38. The molecule has 3 atom stereocenters. The molecule has 3 aromatic carbocycles. The summed E-state index contributed by atoms with van der Waals surface area (Å²) < 4.78 is 0. The Kier molecular flexibility index (Phi) is 5.91. The van der Waals surface area contributed by atoms with Gasteiger partial charge in [0.1, 0.15) is 0 Å². The Hall–Kier alpha value is -3.53. The number of hydrogen-bond acceptors (Lipinski definition) is 3. The Labute approximate surface area is 196 Å². The maximum atomic E-state index is 12.6. The van der Waals surface area contributed by atoms with Crippen molar-refractivity contribution in [3.05, 3.63) is 102 Å². The third kappa shape index (κ3) is 4.13. The van der Waals surface area contributed by atoms with Crippen molar-refractivity contribution in [2.75, 3.05) is 28.6 Å². The summed E-state index contributed by atoms with van der Waals surface area (Å²) in [5.74, 6) is 0.739. The number of nitrogens with one attached hydrogen (secondary N) is 2. The summed E-state index contributed by atoms with van der Waals surface area (Å²) in [4.78, 5) is 15.0. The summed E-state index contributed by atoms with van der Waals surface area (Å²) in [6, 6.07) is 24.9. The maximum Gasteiger partial charge on any atom is 0.255 e. The predicted molar refractivity (Wildman–Crippen MR) is 137 cm³/mol. The number of amides is 1. The zero-order valence-corrected chi connectivity index (χ0v) is 19.3. The molecule has 0 spiro atoms. The third-order valence-corrected chi connectivity index (χ3v) is 7.04. The lowest BCUT2D eigenvalue weighted by Crippen LogP contribution is -2.29. The van der Waals surface area contributed by atoms with Crippen LogP contribution in [0.15, 0.2) is 84.9 Å². The van der Waals surface area contributed by atoms with Crippen molar-refractivity contribution in [3.63, 3.8) is 0 Å². The number of hydrogen-bond donors (Lipinski definition) is 2. The van der Waals surface area contributed by atoms with Gasteiger partial charge in [0.25, 0.3) is 5.91 Å². The fraction of sp³-hybridized carbons (Fsp3) is 0.276. The molecule has 0 saturated carbocycles. The van der Waals surface area contributed by atoms with E-state index < -0.39 is 0 Å². The van der Waals surface area contributed by atoms with Crippen LogP contribution in [-0.4, -0.2) is 19.0 Å². The summed E-state index contributed by atoms with van der Waals surface area (Å²) in [7, 11) is 0. The molecule has 0 aromatic heterocycles. The fourth-order valence-corrected chi connectivity index (χ4v) is 5.28. The molecule has 1 heterocycles. The molecule has 4 nitrogen and oxygen atoms in total. The topological polar surface area (TPSA) is 44.4 Å². The molecule has 0 radical (unpaired) electrons. The van der Waals surface area contributed by atoms with Crippen molar-refractivity contribution in [2.45, 2.75) is 32.2 Å². The first-order chi connectivity index (χ1) is 16.2. The van der Waals surface area contributed by atoms with E-state index in [1.165, 1.54) is 16.8 Å². The van der Waals surface area contributed by atoms with Crippen LogP contribution in [0, 0.1) is 5.92 Å². The molecule has 4 heteroatoms. The van der Waals surface area contributed by atoms with E-state index in [1.54, 1.807) is 0 Å². The van der Waals surface area contributed by atoms with E-state index in [9.17, 15) is 4.79 Å². The molecule has 5 rings (SSSR count). The molecule has 0 bridgehead atoms. The van der Waals surface area contributed by atoms with Gasteiger partial charge in [-0.25, -0.2) is 0 Å². The van der Waals surface area contributed by atoms with Gasteiger partial charge in [-0.1, -0.05) is 42.5 Å². The SMILES string of the molecule is CCN(CC)c1ccc(C2Nc3ccc(NC(=O)c4ccccc4)cc3C3C=CCC32)cc1. The quantitative estimate of drug-likeness (QED) is 0.426. The van der Waals surface area contributed by atoms with Crippen LogP contribution < -0.4 is 15.5 Å². The van der Waals surface area contributed by atoms with E-state index in [-0.39, 0.29) is 11.9 Å². The van der Waals surface area contributed by atoms with Crippen LogP contribution in [0.5, 0.6) is 0 Å². The normalized spacial score (nSPS) is 20.5. The molecule has 0 fully saturated rings. The molecule has 2 aliphatic rings. The van der Waals surface area contributed by atoms with Gasteiger partial charge in [-0.05, 0) is 79.8 Å². The lowest BCUT2D eigenvalue weighted by molar-refractivity contribution is 0.102. The smallest absolute Gasteiger partial charge is 0.255 e. The Bertz CT molecular complexity index is 1150. The average molecular weight is 438 g/mol. The Morgan fingerprint density at radius 1 is 1.00 bits per heavy atom. The van der Waals surface area contributed by atoms with Gasteiger partial charge in [-0.3, -0.25) is 4.79 Å². The van der Waals surface area contributed by atoms with Gasteiger partial charge in [0.05, 0.1) is 6.04 Å². The van der Waals surface area contributed by atoms with Crippen molar-refractivity contribution in [1.29, 1.82) is 0 Å². The second-order valence-electron chi connectivity index (χ2n) is 8.86. The monoisotopic (exact) mass is 437 g/mol. The minimum absolute atomic E-state index is 0.0796. The van der Waals surface area contributed by atoms with E-state index in [1.807, 2.05) is 36.4 Å². The average Bonchev–Trinajstić information content (AvgIpc) is 3.36. The molecule has 1 aliphatic carbocycles. The largest absolute Gasteiger partial charge is 0.378 e. The van der Waals surface area contributed by atoms with Crippen molar-refractivity contribution >= 4 is 23.0 Å². The number of nitrogens with zero attached hydrogens (tertiary/aromatic N) is 1. The minimum Gasteiger partial charge on any atom is -0.378 e. The predicted octanol–water partition coefficient (Wildman–Crippen LogP) is 6.61. The molecule has 2 N–H and O–H groups in total. The molecule has 1 amide bonds. The highest BCUT2D eigenvalue weighted by molar-refractivity contribution is 6.04.